The largest absolute Gasteiger partial charge is 0.497 e. The van der Waals surface area contributed by atoms with Gasteiger partial charge in [0.25, 0.3) is 0 Å². The predicted octanol–water partition coefficient (Wildman–Crippen LogP) is 2.96. The van der Waals surface area contributed by atoms with E-state index in [1.54, 1.807) is 28.7 Å². The zero-order valence-electron chi connectivity index (χ0n) is 22.4. The van der Waals surface area contributed by atoms with Gasteiger partial charge in [-0.05, 0) is 43.9 Å². The number of benzene rings is 1. The number of amides is 3. The van der Waals surface area contributed by atoms with Crippen LogP contribution in [0.5, 0.6) is 5.75 Å². The molecule has 2 heterocycles. The first-order valence-electron chi connectivity index (χ1n) is 13.3. The maximum atomic E-state index is 14.0. The molecule has 3 amide bonds. The lowest BCUT2D eigenvalue weighted by Crippen LogP contribution is -2.51. The molecular weight excluding hydrogens is 490 g/mol. The van der Waals surface area contributed by atoms with Gasteiger partial charge in [0.2, 0.25) is 11.8 Å². The smallest absolute Gasteiger partial charge is 0.409 e. The molecule has 10 nitrogen and oxygen atoms in total. The summed E-state index contributed by atoms with van der Waals surface area (Å²) < 4.78 is 15.6. The maximum Gasteiger partial charge on any atom is 0.409 e. The monoisotopic (exact) mass is 527 g/mol. The summed E-state index contributed by atoms with van der Waals surface area (Å²) in [5.41, 5.74) is 0.342. The van der Waals surface area contributed by atoms with Crippen molar-refractivity contribution >= 4 is 23.9 Å². The van der Waals surface area contributed by atoms with Gasteiger partial charge in [-0.15, -0.1) is 0 Å². The Morgan fingerprint density at radius 2 is 1.68 bits per heavy atom. The molecule has 2 aliphatic heterocycles. The summed E-state index contributed by atoms with van der Waals surface area (Å²) in [6.45, 7) is 3.75. The molecule has 0 bridgehead atoms. The Hall–Kier alpha value is -3.56. The number of hydrogen-bond donors (Lipinski definition) is 0. The van der Waals surface area contributed by atoms with Crippen LogP contribution in [0.3, 0.4) is 0 Å². The number of likely N-dealkylation sites (tertiary alicyclic amines) is 1. The third-order valence-corrected chi connectivity index (χ3v) is 7.86. The highest BCUT2D eigenvalue weighted by Crippen LogP contribution is 2.53. The number of fused-ring (bicyclic) bond motifs is 1. The van der Waals surface area contributed by atoms with E-state index in [1.165, 1.54) is 7.11 Å². The van der Waals surface area contributed by atoms with Gasteiger partial charge in [-0.2, -0.15) is 0 Å². The van der Waals surface area contributed by atoms with Gasteiger partial charge >= 0.3 is 12.1 Å². The number of carbonyl (C=O) groups excluding carboxylic acids is 4. The number of carbonyl (C=O) groups is 4. The predicted molar refractivity (Wildman–Crippen MR) is 138 cm³/mol. The van der Waals surface area contributed by atoms with E-state index in [4.69, 9.17) is 14.2 Å². The summed E-state index contributed by atoms with van der Waals surface area (Å²) in [5, 5.41) is 0. The van der Waals surface area contributed by atoms with Gasteiger partial charge in [0.1, 0.15) is 11.2 Å². The van der Waals surface area contributed by atoms with Gasteiger partial charge in [-0.1, -0.05) is 24.6 Å². The standard InChI is InChI=1S/C28H37N3O7/c1-4-38-27(35)30-16-14-29(15-17-30)24(32)18-22-25(33)31(19-20-9-11-21(36-2)12-10-20)23-8-6-5-7-13-28(22,23)26(34)37-3/h8-12,22H,4-7,13-19H2,1-3H3/t22-,28-/m0/s1. The Morgan fingerprint density at radius 3 is 2.32 bits per heavy atom. The molecule has 0 saturated carbocycles. The zero-order valence-corrected chi connectivity index (χ0v) is 22.4. The van der Waals surface area contributed by atoms with E-state index >= 15 is 0 Å². The lowest BCUT2D eigenvalue weighted by atomic mass is 9.71. The number of rotatable bonds is 7. The van der Waals surface area contributed by atoms with Gasteiger partial charge in [0, 0.05) is 38.3 Å². The Kier molecular flexibility index (Phi) is 8.58. The maximum absolute atomic E-state index is 14.0. The third kappa shape index (κ3) is 5.21. The fraction of sp³-hybridized carbons (Fsp3) is 0.571. The number of allylic oxidation sites excluding steroid dienone is 1. The van der Waals surface area contributed by atoms with Crippen molar-refractivity contribution in [2.24, 2.45) is 11.3 Å². The number of ether oxygens (including phenoxy) is 3. The van der Waals surface area contributed by atoms with Crippen LogP contribution in [0.1, 0.15) is 44.6 Å². The Labute approximate surface area is 223 Å². The Morgan fingerprint density at radius 1 is 1.00 bits per heavy atom. The summed E-state index contributed by atoms with van der Waals surface area (Å²) in [4.78, 5) is 57.9. The lowest BCUT2D eigenvalue weighted by Gasteiger charge is -2.36. The van der Waals surface area contributed by atoms with Gasteiger partial charge in [-0.25, -0.2) is 4.79 Å². The van der Waals surface area contributed by atoms with Crippen molar-refractivity contribution < 1.29 is 33.4 Å². The molecule has 3 aliphatic rings. The minimum Gasteiger partial charge on any atom is -0.497 e. The van der Waals surface area contributed by atoms with Crippen molar-refractivity contribution in [3.8, 4) is 5.75 Å². The highest BCUT2D eigenvalue weighted by molar-refractivity contribution is 5.98. The van der Waals surface area contributed by atoms with Crippen molar-refractivity contribution in [2.45, 2.75) is 45.6 Å². The second kappa shape index (κ2) is 11.9. The first-order chi connectivity index (χ1) is 18.3. The summed E-state index contributed by atoms with van der Waals surface area (Å²) in [6.07, 6.45) is 4.34. The Balaban J connectivity index is 1.58. The van der Waals surface area contributed by atoms with E-state index in [9.17, 15) is 19.2 Å². The molecule has 1 aromatic carbocycles. The summed E-state index contributed by atoms with van der Waals surface area (Å²) in [5.74, 6) is -1.05. The van der Waals surface area contributed by atoms with Crippen LogP contribution in [0.2, 0.25) is 0 Å². The van der Waals surface area contributed by atoms with E-state index < -0.39 is 23.4 Å². The van der Waals surface area contributed by atoms with Gasteiger partial charge in [0.15, 0.2) is 0 Å². The fourth-order valence-corrected chi connectivity index (χ4v) is 5.84. The van der Waals surface area contributed by atoms with Crippen LogP contribution in [-0.2, 0) is 30.4 Å². The molecule has 2 atom stereocenters. The minimum atomic E-state index is -1.20. The molecule has 1 aromatic rings. The van der Waals surface area contributed by atoms with Crippen LogP contribution < -0.4 is 4.74 Å². The van der Waals surface area contributed by atoms with Gasteiger partial charge in [-0.3, -0.25) is 14.4 Å². The molecule has 0 radical (unpaired) electrons. The molecule has 38 heavy (non-hydrogen) atoms. The molecule has 0 aromatic heterocycles. The second-order valence-corrected chi connectivity index (χ2v) is 9.89. The molecule has 206 valence electrons. The molecule has 4 rings (SSSR count). The highest BCUT2D eigenvalue weighted by atomic mass is 16.6. The average molecular weight is 528 g/mol. The minimum absolute atomic E-state index is 0.0935. The molecular formula is C28H37N3O7. The van der Waals surface area contributed by atoms with Gasteiger partial charge < -0.3 is 28.9 Å². The van der Waals surface area contributed by atoms with Crippen molar-refractivity contribution in [2.75, 3.05) is 47.0 Å². The zero-order chi connectivity index (χ0) is 27.3. The number of piperazine rings is 1. The van der Waals surface area contributed by atoms with Gasteiger partial charge in [0.05, 0.1) is 33.3 Å². The van der Waals surface area contributed by atoms with E-state index in [0.29, 0.717) is 50.7 Å². The molecule has 0 unspecified atom stereocenters. The van der Waals surface area contributed by atoms with E-state index in [2.05, 4.69) is 0 Å². The first-order valence-corrected chi connectivity index (χ1v) is 13.3. The van der Waals surface area contributed by atoms with Crippen LogP contribution in [0.25, 0.3) is 0 Å². The third-order valence-electron chi connectivity index (χ3n) is 7.86. The van der Waals surface area contributed by atoms with Crippen molar-refractivity contribution in [3.05, 3.63) is 41.6 Å². The summed E-state index contributed by atoms with van der Waals surface area (Å²) >= 11 is 0. The van der Waals surface area contributed by atoms with Crippen molar-refractivity contribution in [1.82, 2.24) is 14.7 Å². The molecule has 2 fully saturated rings. The molecule has 0 N–H and O–H groups in total. The van der Waals surface area contributed by atoms with Crippen LogP contribution >= 0.6 is 0 Å². The average Bonchev–Trinajstić information content (AvgIpc) is 3.07. The number of methoxy groups -OCH3 is 2. The molecule has 1 aliphatic carbocycles. The van der Waals surface area contributed by atoms with Crippen LogP contribution in [-0.4, -0.2) is 85.6 Å². The van der Waals surface area contributed by atoms with Crippen LogP contribution in [0.4, 0.5) is 4.79 Å². The van der Waals surface area contributed by atoms with E-state index in [1.807, 2.05) is 30.3 Å². The van der Waals surface area contributed by atoms with Crippen molar-refractivity contribution in [1.29, 1.82) is 0 Å². The summed E-state index contributed by atoms with van der Waals surface area (Å²) in [6, 6.07) is 7.46. The van der Waals surface area contributed by atoms with E-state index in [0.717, 1.165) is 24.8 Å². The Bertz CT molecular complexity index is 1080. The fourth-order valence-electron chi connectivity index (χ4n) is 5.84. The normalized spacial score (nSPS) is 23.3. The van der Waals surface area contributed by atoms with Crippen LogP contribution in [0.15, 0.2) is 36.0 Å². The topological polar surface area (TPSA) is 106 Å². The quantitative estimate of drug-likeness (QED) is 0.502. The summed E-state index contributed by atoms with van der Waals surface area (Å²) in [7, 11) is 2.93. The second-order valence-electron chi connectivity index (χ2n) is 9.89. The first kappa shape index (κ1) is 27.5. The van der Waals surface area contributed by atoms with E-state index in [-0.39, 0.29) is 24.8 Å². The molecule has 10 heteroatoms. The lowest BCUT2D eigenvalue weighted by molar-refractivity contribution is -0.156. The number of esters is 1. The number of nitrogens with zero attached hydrogens (tertiary/aromatic N) is 3. The highest BCUT2D eigenvalue weighted by Gasteiger charge is 2.61. The molecule has 0 spiro atoms. The van der Waals surface area contributed by atoms with Crippen molar-refractivity contribution in [3.63, 3.8) is 0 Å². The SMILES string of the molecule is CCOC(=O)N1CCN(C(=O)C[C@H]2C(=O)N(Cc3ccc(OC)cc3)C3=CCCCC[C@@]32C(=O)OC)CC1. The number of hydrogen-bond acceptors (Lipinski definition) is 7. The molecule has 2 saturated heterocycles. The van der Waals surface area contributed by atoms with Crippen LogP contribution in [0, 0.1) is 11.3 Å².